The summed E-state index contributed by atoms with van der Waals surface area (Å²) in [5, 5.41) is 17.8. The number of nitrogens with zero attached hydrogens (tertiary/aromatic N) is 2. The van der Waals surface area contributed by atoms with Crippen molar-refractivity contribution in [3.8, 4) is 28.5 Å². The molecule has 4 rings (SSSR count). The number of benzene rings is 2. The zero-order chi connectivity index (χ0) is 22.8. The van der Waals surface area contributed by atoms with Gasteiger partial charge in [-0.25, -0.2) is 9.48 Å². The maximum absolute atomic E-state index is 11.9. The second kappa shape index (κ2) is 8.50. The van der Waals surface area contributed by atoms with Crippen molar-refractivity contribution >= 4 is 17.5 Å². The number of nitrogens with one attached hydrogen (secondary N) is 1. The van der Waals surface area contributed by atoms with Crippen LogP contribution in [0.4, 0.5) is 11.5 Å². The standard InChI is InChI=1S/C24H23N3O5/c1-14-7-5-6-8-20(14)27-23(22(15(2)26-27)16-11-21(31-4)32-13-16)25-19-10-9-17(30-3)12-18(19)24(28)29/h5-13,25H,1-4H3,(H,28,29). The van der Waals surface area contributed by atoms with E-state index in [1.165, 1.54) is 20.3 Å². The maximum atomic E-state index is 11.9. The van der Waals surface area contributed by atoms with Crippen molar-refractivity contribution < 1.29 is 23.8 Å². The van der Waals surface area contributed by atoms with E-state index in [1.807, 2.05) is 38.1 Å². The fraction of sp³-hybridized carbons (Fsp3) is 0.167. The molecule has 0 spiro atoms. The smallest absolute Gasteiger partial charge is 0.337 e. The van der Waals surface area contributed by atoms with Gasteiger partial charge >= 0.3 is 5.97 Å². The summed E-state index contributed by atoms with van der Waals surface area (Å²) < 4.78 is 17.6. The van der Waals surface area contributed by atoms with Crippen molar-refractivity contribution in [1.82, 2.24) is 9.78 Å². The van der Waals surface area contributed by atoms with Gasteiger partial charge in [0, 0.05) is 11.6 Å². The number of hydrogen-bond acceptors (Lipinski definition) is 6. The Morgan fingerprint density at radius 1 is 1.09 bits per heavy atom. The molecule has 2 aromatic carbocycles. The Morgan fingerprint density at radius 3 is 2.53 bits per heavy atom. The van der Waals surface area contributed by atoms with Gasteiger partial charge < -0.3 is 24.3 Å². The SMILES string of the molecule is COc1ccc(Nc2c(-c3coc(OC)c3)c(C)nn2-c2ccccc2C)c(C(=O)O)c1. The average Bonchev–Trinajstić information content (AvgIpc) is 3.38. The zero-order valence-corrected chi connectivity index (χ0v) is 18.2. The number of furan rings is 1. The first-order valence-electron chi connectivity index (χ1n) is 9.89. The summed E-state index contributed by atoms with van der Waals surface area (Å²) in [7, 11) is 3.02. The molecule has 0 aliphatic heterocycles. The van der Waals surface area contributed by atoms with E-state index in [0.717, 1.165) is 28.1 Å². The van der Waals surface area contributed by atoms with Gasteiger partial charge in [-0.15, -0.1) is 0 Å². The van der Waals surface area contributed by atoms with E-state index in [9.17, 15) is 9.90 Å². The molecule has 8 heteroatoms. The lowest BCUT2D eigenvalue weighted by atomic mass is 10.1. The third-order valence-electron chi connectivity index (χ3n) is 5.18. The second-order valence-electron chi connectivity index (χ2n) is 7.21. The number of rotatable bonds is 7. The highest BCUT2D eigenvalue weighted by Gasteiger charge is 2.23. The molecule has 0 amide bonds. The summed E-state index contributed by atoms with van der Waals surface area (Å²) in [5.41, 5.74) is 4.64. The first-order chi connectivity index (χ1) is 15.4. The van der Waals surface area contributed by atoms with Crippen LogP contribution in [0.1, 0.15) is 21.6 Å². The van der Waals surface area contributed by atoms with Crippen molar-refractivity contribution in [1.29, 1.82) is 0 Å². The van der Waals surface area contributed by atoms with Gasteiger partial charge in [0.25, 0.3) is 5.95 Å². The summed E-state index contributed by atoms with van der Waals surface area (Å²) >= 11 is 0. The molecule has 0 atom stereocenters. The van der Waals surface area contributed by atoms with E-state index < -0.39 is 5.97 Å². The summed E-state index contributed by atoms with van der Waals surface area (Å²) in [5.74, 6) is 0.352. The fourth-order valence-electron chi connectivity index (χ4n) is 3.58. The lowest BCUT2D eigenvalue weighted by Gasteiger charge is -2.15. The highest BCUT2D eigenvalue weighted by Crippen LogP contribution is 2.39. The normalized spacial score (nSPS) is 10.8. The number of aromatic carboxylic acids is 1. The van der Waals surface area contributed by atoms with Crippen LogP contribution in [0.3, 0.4) is 0 Å². The molecular formula is C24H23N3O5. The van der Waals surface area contributed by atoms with E-state index >= 15 is 0 Å². The fourth-order valence-corrected chi connectivity index (χ4v) is 3.58. The lowest BCUT2D eigenvalue weighted by molar-refractivity contribution is 0.0697. The van der Waals surface area contributed by atoms with Crippen molar-refractivity contribution in [2.75, 3.05) is 19.5 Å². The van der Waals surface area contributed by atoms with E-state index in [4.69, 9.17) is 19.0 Å². The highest BCUT2D eigenvalue weighted by atomic mass is 16.6. The number of carboxylic acids is 1. The van der Waals surface area contributed by atoms with Crippen LogP contribution < -0.4 is 14.8 Å². The van der Waals surface area contributed by atoms with Crippen LogP contribution >= 0.6 is 0 Å². The molecule has 0 fully saturated rings. The Morgan fingerprint density at radius 2 is 1.88 bits per heavy atom. The van der Waals surface area contributed by atoms with Crippen LogP contribution in [0.2, 0.25) is 0 Å². The number of para-hydroxylation sites is 1. The van der Waals surface area contributed by atoms with Crippen LogP contribution in [0, 0.1) is 13.8 Å². The minimum atomic E-state index is -1.07. The van der Waals surface area contributed by atoms with E-state index in [1.54, 1.807) is 29.1 Å². The topological polar surface area (TPSA) is 98.8 Å². The van der Waals surface area contributed by atoms with Gasteiger partial charge in [-0.3, -0.25) is 0 Å². The minimum Gasteiger partial charge on any atom is -0.497 e. The van der Waals surface area contributed by atoms with Crippen molar-refractivity contribution in [3.63, 3.8) is 0 Å². The first kappa shape index (κ1) is 21.0. The van der Waals surface area contributed by atoms with Crippen LogP contribution in [0.15, 0.2) is 59.2 Å². The van der Waals surface area contributed by atoms with Gasteiger partial charge in [-0.05, 0) is 43.7 Å². The number of methoxy groups -OCH3 is 2. The molecule has 0 unspecified atom stereocenters. The Bertz CT molecular complexity index is 1290. The summed E-state index contributed by atoms with van der Waals surface area (Å²) in [6.07, 6.45) is 1.59. The Labute approximate surface area is 185 Å². The quantitative estimate of drug-likeness (QED) is 0.413. The Hall–Kier alpha value is -4.20. The highest BCUT2D eigenvalue weighted by molar-refractivity contribution is 5.96. The Kier molecular flexibility index (Phi) is 5.59. The van der Waals surface area contributed by atoms with Crippen molar-refractivity contribution in [3.05, 3.63) is 71.6 Å². The molecule has 0 radical (unpaired) electrons. The lowest BCUT2D eigenvalue weighted by Crippen LogP contribution is -2.08. The second-order valence-corrected chi connectivity index (χ2v) is 7.21. The number of ether oxygens (including phenoxy) is 2. The maximum Gasteiger partial charge on any atom is 0.337 e. The summed E-state index contributed by atoms with van der Waals surface area (Å²) in [6, 6.07) is 14.5. The average molecular weight is 433 g/mol. The number of anilines is 2. The summed E-state index contributed by atoms with van der Waals surface area (Å²) in [6.45, 7) is 3.88. The predicted molar refractivity (Wildman–Crippen MR) is 121 cm³/mol. The Balaban J connectivity index is 1.93. The minimum absolute atomic E-state index is 0.0789. The van der Waals surface area contributed by atoms with Gasteiger partial charge in [-0.2, -0.15) is 5.10 Å². The number of hydrogen-bond donors (Lipinski definition) is 2. The molecule has 8 nitrogen and oxygen atoms in total. The van der Waals surface area contributed by atoms with Gasteiger partial charge in [0.15, 0.2) is 0 Å². The molecule has 2 N–H and O–H groups in total. The summed E-state index contributed by atoms with van der Waals surface area (Å²) in [4.78, 5) is 11.9. The molecule has 32 heavy (non-hydrogen) atoms. The third-order valence-corrected chi connectivity index (χ3v) is 5.18. The van der Waals surface area contributed by atoms with Crippen molar-refractivity contribution in [2.45, 2.75) is 13.8 Å². The largest absolute Gasteiger partial charge is 0.497 e. The molecule has 2 heterocycles. The van der Waals surface area contributed by atoms with E-state index in [-0.39, 0.29) is 5.56 Å². The molecule has 164 valence electrons. The van der Waals surface area contributed by atoms with Gasteiger partial charge in [0.2, 0.25) is 0 Å². The molecule has 4 aromatic rings. The number of aromatic nitrogens is 2. The third kappa shape index (κ3) is 3.78. The molecular weight excluding hydrogens is 410 g/mol. The van der Waals surface area contributed by atoms with Crippen LogP contribution in [0.5, 0.6) is 11.7 Å². The molecule has 2 aromatic heterocycles. The van der Waals surface area contributed by atoms with Gasteiger partial charge in [0.05, 0.1) is 42.4 Å². The van der Waals surface area contributed by atoms with Crippen LogP contribution in [-0.4, -0.2) is 35.1 Å². The number of carboxylic acid groups (broad SMARTS) is 1. The van der Waals surface area contributed by atoms with Crippen LogP contribution in [-0.2, 0) is 0 Å². The molecule has 0 aliphatic rings. The van der Waals surface area contributed by atoms with Gasteiger partial charge in [0.1, 0.15) is 17.8 Å². The molecule has 0 aliphatic carbocycles. The molecule has 0 saturated carbocycles. The van der Waals surface area contributed by atoms with Crippen LogP contribution in [0.25, 0.3) is 16.8 Å². The van der Waals surface area contributed by atoms with Gasteiger partial charge in [-0.1, -0.05) is 18.2 Å². The monoisotopic (exact) mass is 433 g/mol. The molecule has 0 saturated heterocycles. The molecule has 0 bridgehead atoms. The zero-order valence-electron chi connectivity index (χ0n) is 18.2. The predicted octanol–water partition coefficient (Wildman–Crippen LogP) is 5.21. The van der Waals surface area contributed by atoms with Crippen molar-refractivity contribution in [2.24, 2.45) is 0 Å². The van der Waals surface area contributed by atoms with E-state index in [2.05, 4.69) is 5.32 Å². The number of aryl methyl sites for hydroxylation is 2. The van der Waals surface area contributed by atoms with E-state index in [0.29, 0.717) is 23.2 Å². The first-order valence-corrected chi connectivity index (χ1v) is 9.89. The number of carbonyl (C=O) groups is 1.